The molecule has 0 atom stereocenters. The van der Waals surface area contributed by atoms with Gasteiger partial charge in [0.05, 0.1) is 6.61 Å². The van der Waals surface area contributed by atoms with Gasteiger partial charge in [-0.3, -0.25) is 0 Å². The lowest BCUT2D eigenvalue weighted by Gasteiger charge is -2.22. The summed E-state index contributed by atoms with van der Waals surface area (Å²) in [5.41, 5.74) is 1.07. The van der Waals surface area contributed by atoms with Crippen molar-refractivity contribution in [1.29, 1.82) is 0 Å². The smallest absolute Gasteiger partial charge is 0.119 e. The van der Waals surface area contributed by atoms with Crippen LogP contribution in [0.1, 0.15) is 18.4 Å². The first-order valence-corrected chi connectivity index (χ1v) is 7.17. The number of alkyl halides is 1. The lowest BCUT2D eigenvalue weighted by Crippen LogP contribution is -2.21. The molecule has 17 heavy (non-hydrogen) atoms. The molecule has 0 unspecified atom stereocenters. The van der Waals surface area contributed by atoms with E-state index in [1.165, 1.54) is 0 Å². The molecule has 2 nitrogen and oxygen atoms in total. The summed E-state index contributed by atoms with van der Waals surface area (Å²) in [4.78, 5) is 0. The number of hydrogen-bond donors (Lipinski definition) is 0. The zero-order valence-electron chi connectivity index (χ0n) is 9.62. The molecule has 1 aromatic carbocycles. The highest BCUT2D eigenvalue weighted by molar-refractivity contribution is 9.10. The molecule has 1 saturated heterocycles. The fraction of sp³-hybridized carbons (Fsp3) is 0.538. The monoisotopic (exact) mass is 318 g/mol. The Morgan fingerprint density at radius 1 is 1.35 bits per heavy atom. The first-order chi connectivity index (χ1) is 8.29. The Balaban J connectivity index is 1.89. The minimum Gasteiger partial charge on any atom is -0.493 e. The molecule has 1 aliphatic rings. The maximum Gasteiger partial charge on any atom is 0.119 e. The minimum absolute atomic E-state index is 0.495. The first kappa shape index (κ1) is 13.2. The van der Waals surface area contributed by atoms with Crippen LogP contribution in [-0.4, -0.2) is 19.8 Å². The molecule has 0 aromatic heterocycles. The van der Waals surface area contributed by atoms with Gasteiger partial charge in [-0.05, 0) is 42.5 Å². The molecule has 1 aliphatic heterocycles. The van der Waals surface area contributed by atoms with Gasteiger partial charge in [0.25, 0.3) is 0 Å². The molecule has 1 fully saturated rings. The Labute approximate surface area is 115 Å². The third-order valence-electron chi connectivity index (χ3n) is 2.99. The van der Waals surface area contributed by atoms with Crippen LogP contribution in [0.5, 0.6) is 5.75 Å². The zero-order chi connectivity index (χ0) is 12.1. The van der Waals surface area contributed by atoms with Crippen molar-refractivity contribution in [2.45, 2.75) is 18.7 Å². The number of rotatable bonds is 4. The Kier molecular flexibility index (Phi) is 5.14. The van der Waals surface area contributed by atoms with Crippen LogP contribution in [0.2, 0.25) is 0 Å². The molecular weight excluding hydrogens is 303 g/mol. The van der Waals surface area contributed by atoms with Crippen LogP contribution >= 0.6 is 27.5 Å². The van der Waals surface area contributed by atoms with E-state index in [9.17, 15) is 0 Å². The summed E-state index contributed by atoms with van der Waals surface area (Å²) in [5.74, 6) is 2.01. The van der Waals surface area contributed by atoms with Crippen molar-refractivity contribution in [3.63, 3.8) is 0 Å². The maximum atomic E-state index is 5.85. The summed E-state index contributed by atoms with van der Waals surface area (Å²) in [5, 5.41) is 0. The van der Waals surface area contributed by atoms with Gasteiger partial charge in [-0.2, -0.15) is 0 Å². The maximum absolute atomic E-state index is 5.85. The molecule has 0 bridgehead atoms. The molecule has 0 radical (unpaired) electrons. The molecule has 1 heterocycles. The Morgan fingerprint density at radius 2 is 2.12 bits per heavy atom. The quantitative estimate of drug-likeness (QED) is 0.781. The van der Waals surface area contributed by atoms with Gasteiger partial charge in [-0.1, -0.05) is 15.9 Å². The van der Waals surface area contributed by atoms with Crippen molar-refractivity contribution in [2.75, 3.05) is 19.8 Å². The highest BCUT2D eigenvalue weighted by Gasteiger charge is 2.14. The molecular formula is C13H16BrClO2. The van der Waals surface area contributed by atoms with Gasteiger partial charge in [-0.25, -0.2) is 0 Å². The van der Waals surface area contributed by atoms with Crippen molar-refractivity contribution in [3.8, 4) is 5.75 Å². The molecule has 1 aromatic rings. The predicted molar refractivity (Wildman–Crippen MR) is 72.7 cm³/mol. The Hall–Kier alpha value is -0.250. The number of hydrogen-bond acceptors (Lipinski definition) is 2. The number of benzene rings is 1. The van der Waals surface area contributed by atoms with E-state index in [1.807, 2.05) is 18.2 Å². The van der Waals surface area contributed by atoms with Crippen LogP contribution in [0.25, 0.3) is 0 Å². The van der Waals surface area contributed by atoms with Crippen LogP contribution in [0.3, 0.4) is 0 Å². The van der Waals surface area contributed by atoms with Crippen molar-refractivity contribution in [3.05, 3.63) is 28.2 Å². The summed E-state index contributed by atoms with van der Waals surface area (Å²) >= 11 is 9.31. The van der Waals surface area contributed by atoms with Crippen molar-refractivity contribution < 1.29 is 9.47 Å². The topological polar surface area (TPSA) is 18.5 Å². The SMILES string of the molecule is ClCc1cc(OCC2CCOCC2)ccc1Br. The van der Waals surface area contributed by atoms with Gasteiger partial charge < -0.3 is 9.47 Å². The molecule has 0 saturated carbocycles. The summed E-state index contributed by atoms with van der Waals surface area (Å²) in [7, 11) is 0. The summed E-state index contributed by atoms with van der Waals surface area (Å²) in [6, 6.07) is 5.95. The van der Waals surface area contributed by atoms with Gasteiger partial charge in [-0.15, -0.1) is 11.6 Å². The van der Waals surface area contributed by atoms with E-state index < -0.39 is 0 Å². The van der Waals surface area contributed by atoms with Gasteiger partial charge in [0.15, 0.2) is 0 Å². The third kappa shape index (κ3) is 3.87. The van der Waals surface area contributed by atoms with Crippen LogP contribution < -0.4 is 4.74 Å². The number of halogens is 2. The van der Waals surface area contributed by atoms with Crippen LogP contribution in [0.15, 0.2) is 22.7 Å². The normalized spacial score (nSPS) is 17.1. The van der Waals surface area contributed by atoms with E-state index in [2.05, 4.69) is 15.9 Å². The molecule has 0 spiro atoms. The van der Waals surface area contributed by atoms with Gasteiger partial charge in [0, 0.05) is 23.6 Å². The van der Waals surface area contributed by atoms with E-state index >= 15 is 0 Å². The zero-order valence-corrected chi connectivity index (χ0v) is 12.0. The lowest BCUT2D eigenvalue weighted by atomic mass is 10.0. The van der Waals surface area contributed by atoms with Gasteiger partial charge in [0.2, 0.25) is 0 Å². The standard InChI is InChI=1S/C13H16BrClO2/c14-13-2-1-12(7-11(13)8-15)17-9-10-3-5-16-6-4-10/h1-2,7,10H,3-6,8-9H2. The molecule has 94 valence electrons. The summed E-state index contributed by atoms with van der Waals surface area (Å²) in [6.45, 7) is 2.50. The van der Waals surface area contributed by atoms with Crippen molar-refractivity contribution >= 4 is 27.5 Å². The second-order valence-corrected chi connectivity index (χ2v) is 5.38. The largest absolute Gasteiger partial charge is 0.493 e. The van der Waals surface area contributed by atoms with Crippen LogP contribution in [-0.2, 0) is 10.6 Å². The van der Waals surface area contributed by atoms with Crippen molar-refractivity contribution in [2.24, 2.45) is 5.92 Å². The van der Waals surface area contributed by atoms with E-state index in [4.69, 9.17) is 21.1 Å². The first-order valence-electron chi connectivity index (χ1n) is 5.84. The van der Waals surface area contributed by atoms with Crippen molar-refractivity contribution in [1.82, 2.24) is 0 Å². The van der Waals surface area contributed by atoms with Gasteiger partial charge in [0.1, 0.15) is 5.75 Å². The van der Waals surface area contributed by atoms with E-state index in [1.54, 1.807) is 0 Å². The minimum atomic E-state index is 0.495. The molecule has 0 amide bonds. The summed E-state index contributed by atoms with van der Waals surface area (Å²) < 4.78 is 12.2. The summed E-state index contributed by atoms with van der Waals surface area (Å²) in [6.07, 6.45) is 2.19. The highest BCUT2D eigenvalue weighted by atomic mass is 79.9. The predicted octanol–water partition coefficient (Wildman–Crippen LogP) is 3.99. The van der Waals surface area contributed by atoms with Gasteiger partial charge >= 0.3 is 0 Å². The van der Waals surface area contributed by atoms with Crippen LogP contribution in [0.4, 0.5) is 0 Å². The molecule has 0 aliphatic carbocycles. The lowest BCUT2D eigenvalue weighted by molar-refractivity contribution is 0.0497. The molecule has 0 N–H and O–H groups in total. The second-order valence-electron chi connectivity index (χ2n) is 4.25. The van der Waals surface area contributed by atoms with Crippen LogP contribution in [0, 0.1) is 5.92 Å². The Morgan fingerprint density at radius 3 is 2.82 bits per heavy atom. The average molecular weight is 320 g/mol. The van der Waals surface area contributed by atoms with E-state index in [0.29, 0.717) is 11.8 Å². The van der Waals surface area contributed by atoms with E-state index in [0.717, 1.165) is 48.4 Å². The molecule has 2 rings (SSSR count). The highest BCUT2D eigenvalue weighted by Crippen LogP contribution is 2.25. The fourth-order valence-corrected chi connectivity index (χ4v) is 2.64. The Bertz CT molecular complexity index is 364. The average Bonchev–Trinajstić information content (AvgIpc) is 2.39. The molecule has 4 heteroatoms. The third-order valence-corrected chi connectivity index (χ3v) is 4.05. The fourth-order valence-electron chi connectivity index (χ4n) is 1.87. The second kappa shape index (κ2) is 6.62. The number of ether oxygens (including phenoxy) is 2. The van der Waals surface area contributed by atoms with E-state index in [-0.39, 0.29) is 0 Å².